The number of esters is 1. The fraction of sp³-hybridized carbons (Fsp3) is 0.714. The number of hydrogen-bond donors (Lipinski definition) is 0. The Labute approximate surface area is 118 Å². The molecule has 0 amide bonds. The number of ether oxygens (including phenoxy) is 1. The van der Waals surface area contributed by atoms with Crippen molar-refractivity contribution in [2.75, 3.05) is 24.6 Å². The van der Waals surface area contributed by atoms with Gasteiger partial charge >= 0.3 is 5.97 Å². The molecular weight excluding hydrogens is 260 g/mol. The molecule has 106 valence electrons. The average molecular weight is 282 g/mol. The van der Waals surface area contributed by atoms with Crippen LogP contribution in [0.2, 0.25) is 0 Å². The van der Waals surface area contributed by atoms with Crippen LogP contribution in [0.1, 0.15) is 38.8 Å². The first-order chi connectivity index (χ1) is 9.22. The Morgan fingerprint density at radius 1 is 1.47 bits per heavy atom. The summed E-state index contributed by atoms with van der Waals surface area (Å²) in [5.41, 5.74) is 0.830. The van der Waals surface area contributed by atoms with Crippen LogP contribution in [0.4, 0.5) is 5.13 Å². The maximum absolute atomic E-state index is 11.4. The number of thiazole rings is 1. The molecule has 0 saturated carbocycles. The van der Waals surface area contributed by atoms with Gasteiger partial charge in [-0.15, -0.1) is 11.3 Å². The molecule has 1 saturated heterocycles. The number of anilines is 1. The molecular formula is C14H22N2O2S. The van der Waals surface area contributed by atoms with Crippen LogP contribution in [0.5, 0.6) is 0 Å². The lowest BCUT2D eigenvalue weighted by Crippen LogP contribution is -2.33. The van der Waals surface area contributed by atoms with Crippen LogP contribution in [-0.4, -0.2) is 30.6 Å². The van der Waals surface area contributed by atoms with Crippen molar-refractivity contribution in [2.24, 2.45) is 5.92 Å². The van der Waals surface area contributed by atoms with E-state index >= 15 is 0 Å². The predicted octanol–water partition coefficient (Wildman–Crippen LogP) is 2.88. The molecule has 0 atom stereocenters. The first-order valence-electron chi connectivity index (χ1n) is 7.07. The van der Waals surface area contributed by atoms with Crippen LogP contribution in [0.15, 0.2) is 5.38 Å². The zero-order chi connectivity index (χ0) is 13.7. The van der Waals surface area contributed by atoms with E-state index in [1.807, 2.05) is 12.3 Å². The molecule has 1 aromatic rings. The molecule has 0 bridgehead atoms. The lowest BCUT2D eigenvalue weighted by Gasteiger charge is -2.31. The minimum Gasteiger partial charge on any atom is -0.466 e. The summed E-state index contributed by atoms with van der Waals surface area (Å²) in [5.74, 6) is 0.680. The maximum Gasteiger partial charge on any atom is 0.311 e. The molecule has 0 unspecified atom stereocenters. The van der Waals surface area contributed by atoms with Crippen molar-refractivity contribution in [3.8, 4) is 0 Å². The smallest absolute Gasteiger partial charge is 0.311 e. The molecule has 0 N–H and O–H groups in total. The van der Waals surface area contributed by atoms with Crippen molar-refractivity contribution in [3.05, 3.63) is 11.1 Å². The van der Waals surface area contributed by atoms with Gasteiger partial charge in [0.25, 0.3) is 0 Å². The Hall–Kier alpha value is -1.10. The monoisotopic (exact) mass is 282 g/mol. The van der Waals surface area contributed by atoms with E-state index in [0.29, 0.717) is 6.61 Å². The molecule has 0 aliphatic carbocycles. The van der Waals surface area contributed by atoms with Crippen molar-refractivity contribution in [1.82, 2.24) is 4.98 Å². The highest BCUT2D eigenvalue weighted by molar-refractivity contribution is 7.13. The third-order valence-electron chi connectivity index (χ3n) is 3.63. The van der Waals surface area contributed by atoms with Crippen molar-refractivity contribution >= 4 is 22.4 Å². The van der Waals surface area contributed by atoms with Crippen LogP contribution >= 0.6 is 11.3 Å². The Kier molecular flexibility index (Phi) is 5.19. The Bertz CT molecular complexity index is 411. The molecule has 1 fully saturated rings. The highest BCUT2D eigenvalue weighted by atomic mass is 32.1. The standard InChI is InChI=1S/C14H22N2O2S/c1-3-11-5-7-16(8-6-11)14-15-12(10-19-14)9-13(17)18-4-2/h10-11H,3-9H2,1-2H3. The minimum atomic E-state index is -0.191. The number of piperidine rings is 1. The quantitative estimate of drug-likeness (QED) is 0.779. The van der Waals surface area contributed by atoms with Crippen molar-refractivity contribution in [3.63, 3.8) is 0 Å². The van der Waals surface area contributed by atoms with Crippen LogP contribution in [0.25, 0.3) is 0 Å². The second-order valence-corrected chi connectivity index (χ2v) is 5.78. The van der Waals surface area contributed by atoms with Crippen molar-refractivity contribution < 1.29 is 9.53 Å². The van der Waals surface area contributed by atoms with E-state index in [-0.39, 0.29) is 12.4 Å². The third-order valence-corrected chi connectivity index (χ3v) is 4.58. The van der Waals surface area contributed by atoms with E-state index in [9.17, 15) is 4.79 Å². The number of carbonyl (C=O) groups excluding carboxylic acids is 1. The van der Waals surface area contributed by atoms with Crippen LogP contribution in [-0.2, 0) is 16.0 Å². The fourth-order valence-electron chi connectivity index (χ4n) is 2.42. The lowest BCUT2D eigenvalue weighted by atomic mass is 9.95. The van der Waals surface area contributed by atoms with Gasteiger partial charge in [0.2, 0.25) is 0 Å². The Balaban J connectivity index is 1.88. The van der Waals surface area contributed by atoms with Gasteiger partial charge < -0.3 is 9.64 Å². The molecule has 0 aromatic carbocycles. The van der Waals surface area contributed by atoms with E-state index in [2.05, 4.69) is 16.8 Å². The highest BCUT2D eigenvalue weighted by Gasteiger charge is 2.20. The van der Waals surface area contributed by atoms with Gasteiger partial charge in [-0.25, -0.2) is 4.98 Å². The molecule has 1 aromatic heterocycles. The number of carbonyl (C=O) groups is 1. The first-order valence-corrected chi connectivity index (χ1v) is 7.95. The van der Waals surface area contributed by atoms with Crippen molar-refractivity contribution in [1.29, 1.82) is 0 Å². The van der Waals surface area contributed by atoms with Gasteiger partial charge in [0, 0.05) is 18.5 Å². The van der Waals surface area contributed by atoms with E-state index in [1.165, 1.54) is 19.3 Å². The van der Waals surface area contributed by atoms with Gasteiger partial charge in [-0.3, -0.25) is 4.79 Å². The summed E-state index contributed by atoms with van der Waals surface area (Å²) in [7, 11) is 0. The summed E-state index contributed by atoms with van der Waals surface area (Å²) in [6.07, 6.45) is 4.07. The summed E-state index contributed by atoms with van der Waals surface area (Å²) in [6.45, 7) is 6.69. The van der Waals surface area contributed by atoms with Crippen molar-refractivity contribution in [2.45, 2.75) is 39.5 Å². The second kappa shape index (κ2) is 6.89. The first kappa shape index (κ1) is 14.3. The number of aromatic nitrogens is 1. The van der Waals surface area contributed by atoms with Crippen LogP contribution in [0.3, 0.4) is 0 Å². The molecule has 0 spiro atoms. The van der Waals surface area contributed by atoms with Gasteiger partial charge in [0.05, 0.1) is 18.7 Å². The van der Waals surface area contributed by atoms with E-state index in [4.69, 9.17) is 4.74 Å². The topological polar surface area (TPSA) is 42.4 Å². The molecule has 5 heteroatoms. The molecule has 2 heterocycles. The van der Waals surface area contributed by atoms with Gasteiger partial charge in [-0.2, -0.15) is 0 Å². The second-order valence-electron chi connectivity index (χ2n) is 4.94. The normalized spacial score (nSPS) is 16.6. The Morgan fingerprint density at radius 3 is 2.84 bits per heavy atom. The number of hydrogen-bond acceptors (Lipinski definition) is 5. The zero-order valence-electron chi connectivity index (χ0n) is 11.7. The van der Waals surface area contributed by atoms with Gasteiger partial charge in [0.15, 0.2) is 5.13 Å². The molecule has 4 nitrogen and oxygen atoms in total. The largest absolute Gasteiger partial charge is 0.466 e. The summed E-state index contributed by atoms with van der Waals surface area (Å²) in [4.78, 5) is 18.3. The van der Waals surface area contributed by atoms with E-state index in [0.717, 1.165) is 29.8 Å². The predicted molar refractivity (Wildman–Crippen MR) is 77.7 cm³/mol. The molecule has 19 heavy (non-hydrogen) atoms. The molecule has 0 radical (unpaired) electrons. The lowest BCUT2D eigenvalue weighted by molar-refractivity contribution is -0.142. The van der Waals surface area contributed by atoms with Gasteiger partial charge in [-0.1, -0.05) is 13.3 Å². The summed E-state index contributed by atoms with van der Waals surface area (Å²) in [6, 6.07) is 0. The SMILES string of the molecule is CCOC(=O)Cc1csc(N2CCC(CC)CC2)n1. The third kappa shape index (κ3) is 3.93. The number of rotatable bonds is 5. The van der Waals surface area contributed by atoms with Crippen LogP contribution in [0, 0.1) is 5.92 Å². The zero-order valence-corrected chi connectivity index (χ0v) is 12.5. The summed E-state index contributed by atoms with van der Waals surface area (Å²) in [5, 5.41) is 3.02. The fourth-order valence-corrected chi connectivity index (χ4v) is 3.29. The molecule has 1 aliphatic heterocycles. The van der Waals surface area contributed by atoms with Crippen LogP contribution < -0.4 is 4.90 Å². The summed E-state index contributed by atoms with van der Waals surface area (Å²) < 4.78 is 4.94. The maximum atomic E-state index is 11.4. The van der Waals surface area contributed by atoms with Gasteiger partial charge in [0.1, 0.15) is 0 Å². The van der Waals surface area contributed by atoms with Gasteiger partial charge in [-0.05, 0) is 25.7 Å². The number of nitrogens with zero attached hydrogens (tertiary/aromatic N) is 2. The molecule has 2 rings (SSSR count). The average Bonchev–Trinajstić information content (AvgIpc) is 2.87. The Morgan fingerprint density at radius 2 is 2.21 bits per heavy atom. The highest BCUT2D eigenvalue weighted by Crippen LogP contribution is 2.27. The van der Waals surface area contributed by atoms with E-state index < -0.39 is 0 Å². The summed E-state index contributed by atoms with van der Waals surface area (Å²) >= 11 is 1.63. The molecule has 1 aliphatic rings. The van der Waals surface area contributed by atoms with E-state index in [1.54, 1.807) is 11.3 Å². The minimum absolute atomic E-state index is 0.191.